The fourth-order valence-corrected chi connectivity index (χ4v) is 9.47. The number of carbonyl (C=O) groups is 2. The van der Waals surface area contributed by atoms with Crippen LogP contribution in [0.3, 0.4) is 0 Å². The first-order valence-corrected chi connectivity index (χ1v) is 21.0. The maximum atomic E-state index is 15.6. The van der Waals surface area contributed by atoms with Crippen LogP contribution >= 0.6 is 11.3 Å². The van der Waals surface area contributed by atoms with Gasteiger partial charge in [0.05, 0.1) is 40.2 Å². The van der Waals surface area contributed by atoms with Gasteiger partial charge in [0.2, 0.25) is 21.8 Å². The van der Waals surface area contributed by atoms with E-state index in [1.807, 2.05) is 0 Å². The summed E-state index contributed by atoms with van der Waals surface area (Å²) in [6.07, 6.45) is -4.42. The van der Waals surface area contributed by atoms with E-state index in [9.17, 15) is 40.0 Å². The number of pyridine rings is 1. The Bertz CT molecular complexity index is 3010. The van der Waals surface area contributed by atoms with Gasteiger partial charge in [-0.25, -0.2) is 27.2 Å². The van der Waals surface area contributed by atoms with Crippen molar-refractivity contribution in [3.63, 3.8) is 0 Å². The Hall–Kier alpha value is -6.28. The van der Waals surface area contributed by atoms with E-state index < -0.39 is 87.5 Å². The van der Waals surface area contributed by atoms with Gasteiger partial charge in [-0.3, -0.25) is 23.7 Å². The van der Waals surface area contributed by atoms with Gasteiger partial charge in [-0.2, -0.15) is 32.1 Å². The number of aryl methyl sites for hydroxylation is 1. The predicted molar refractivity (Wildman–Crippen MR) is 207 cm³/mol. The minimum Gasteiger partial charge on any atom is -0.356 e. The minimum absolute atomic E-state index is 0.00709. The molecule has 61 heavy (non-hydrogen) atoms. The summed E-state index contributed by atoms with van der Waals surface area (Å²) in [6.45, 7) is -0.802. The summed E-state index contributed by atoms with van der Waals surface area (Å²) >= 11 is 1.17. The summed E-state index contributed by atoms with van der Waals surface area (Å²) in [4.78, 5) is 35.4. The zero-order valence-electron chi connectivity index (χ0n) is 31.5. The van der Waals surface area contributed by atoms with Crippen LogP contribution in [0, 0.1) is 29.4 Å². The van der Waals surface area contributed by atoms with E-state index in [-0.39, 0.29) is 46.7 Å². The number of hydrogen-bond acceptors (Lipinski definition) is 10. The van der Waals surface area contributed by atoms with Crippen LogP contribution in [0.15, 0.2) is 42.5 Å². The number of carbonyl (C=O) groups excluding carboxylic acids is 2. The normalized spacial score (nSPS) is 19.5. The molecule has 2 unspecified atom stereocenters. The Morgan fingerprint density at radius 1 is 1.08 bits per heavy atom. The predicted octanol–water partition coefficient (Wildman–Crippen LogP) is 5.33. The second-order valence-electron chi connectivity index (χ2n) is 14.9. The van der Waals surface area contributed by atoms with E-state index in [1.54, 1.807) is 31.3 Å². The third-order valence-electron chi connectivity index (χ3n) is 10.5. The standard InChI is InChI=1S/C38H29F7N10O4S2/c1-54-31-20(4-3-5-22(31)34(52-54)53-61(2,58)59)23-13-26-35(50-36(60-26)47-19-12-27(56)46-14-19)49-30(23)25(10-16-8-17(39)11-18(40)9-16)48-28(57)15-55-33-29(32(51-55)38(43,44)45)21-6-7-24(21)37(33,41)42/h3-5,8-9,11,13,19,21,24-25H,10,12,14-15H2,1-2H3,(H,46,56)(H,48,57)(H,52,53)(H,47,49,50)/t19?,21-,24+,25?/m0/s1. The highest BCUT2D eigenvalue weighted by atomic mass is 32.2. The van der Waals surface area contributed by atoms with Gasteiger partial charge >= 0.3 is 12.1 Å². The van der Waals surface area contributed by atoms with Crippen molar-refractivity contribution in [2.24, 2.45) is 13.0 Å². The zero-order chi connectivity index (χ0) is 43.3. The molecule has 3 aliphatic rings. The summed E-state index contributed by atoms with van der Waals surface area (Å²) in [5.41, 5.74) is -2.30. The van der Waals surface area contributed by atoms with Crippen LogP contribution in [0.2, 0.25) is 0 Å². The summed E-state index contributed by atoms with van der Waals surface area (Å²) < 4.78 is 132. The van der Waals surface area contributed by atoms with Gasteiger partial charge in [0.15, 0.2) is 22.3 Å². The molecule has 0 radical (unpaired) electrons. The van der Waals surface area contributed by atoms with Crippen LogP contribution in [0.25, 0.3) is 32.4 Å². The largest absolute Gasteiger partial charge is 0.435 e. The molecule has 2 aromatic carbocycles. The average molecular weight is 887 g/mol. The molecule has 6 aromatic rings. The monoisotopic (exact) mass is 886 g/mol. The number of benzene rings is 2. The smallest absolute Gasteiger partial charge is 0.356 e. The van der Waals surface area contributed by atoms with Gasteiger partial charge in [-0.1, -0.05) is 35.3 Å². The van der Waals surface area contributed by atoms with Crippen molar-refractivity contribution in [2.45, 2.75) is 49.5 Å². The first-order chi connectivity index (χ1) is 28.7. The van der Waals surface area contributed by atoms with E-state index in [1.165, 1.54) is 16.0 Å². The lowest BCUT2D eigenvalue weighted by atomic mass is 9.84. The number of halogens is 7. The van der Waals surface area contributed by atoms with Crippen molar-refractivity contribution in [1.29, 1.82) is 0 Å². The van der Waals surface area contributed by atoms with E-state index >= 15 is 8.78 Å². The molecule has 14 nitrogen and oxygen atoms in total. The molecule has 0 bridgehead atoms. The number of nitrogens with zero attached hydrogens (tertiary/aromatic N) is 6. The number of thiazole rings is 1. The first kappa shape index (κ1) is 40.1. The molecule has 4 aromatic heterocycles. The minimum atomic E-state index is -5.15. The number of alkyl halides is 5. The first-order valence-electron chi connectivity index (χ1n) is 18.3. The van der Waals surface area contributed by atoms with Gasteiger partial charge in [0.25, 0.3) is 0 Å². The molecular formula is C38H29F7N10O4S2. The third kappa shape index (κ3) is 7.26. The van der Waals surface area contributed by atoms with Crippen molar-refractivity contribution in [3.8, 4) is 23.0 Å². The molecule has 1 saturated heterocycles. The molecule has 1 fully saturated rings. The van der Waals surface area contributed by atoms with Gasteiger partial charge in [0.1, 0.15) is 29.8 Å². The molecule has 2 amide bonds. The van der Waals surface area contributed by atoms with Crippen LogP contribution in [-0.4, -0.2) is 68.6 Å². The van der Waals surface area contributed by atoms with Crippen molar-refractivity contribution in [1.82, 2.24) is 40.2 Å². The number of para-hydroxylation sites is 1. The zero-order valence-corrected chi connectivity index (χ0v) is 33.1. The topological polar surface area (TPSA) is 178 Å². The van der Waals surface area contributed by atoms with Crippen molar-refractivity contribution in [2.75, 3.05) is 22.8 Å². The Kier molecular flexibility index (Phi) is 9.31. The van der Waals surface area contributed by atoms with Crippen molar-refractivity contribution < 1.29 is 48.7 Å². The molecule has 4 N–H and O–H groups in total. The molecule has 4 atom stereocenters. The highest BCUT2D eigenvalue weighted by molar-refractivity contribution is 7.92. The number of fused-ring (bicyclic) bond motifs is 5. The Labute approximate surface area is 344 Å². The van der Waals surface area contributed by atoms with Crippen LogP contribution in [0.5, 0.6) is 0 Å². The lowest BCUT2D eigenvalue weighted by molar-refractivity contribution is -0.142. The molecule has 9 rings (SSSR count). The van der Waals surface area contributed by atoms with E-state index in [0.29, 0.717) is 43.6 Å². The Morgan fingerprint density at radius 2 is 1.84 bits per heavy atom. The number of rotatable bonds is 11. The van der Waals surface area contributed by atoms with E-state index in [2.05, 4.69) is 47.7 Å². The second-order valence-corrected chi connectivity index (χ2v) is 17.7. The number of amides is 2. The lowest BCUT2D eigenvalue weighted by Crippen LogP contribution is -2.36. The van der Waals surface area contributed by atoms with Crippen LogP contribution in [-0.2, 0) is 51.7 Å². The van der Waals surface area contributed by atoms with E-state index in [0.717, 1.165) is 18.4 Å². The third-order valence-corrected chi connectivity index (χ3v) is 12.0. The average Bonchev–Trinajstić information content (AvgIpc) is 3.92. The molecule has 2 aliphatic carbocycles. The number of hydrogen-bond donors (Lipinski definition) is 4. The molecular weight excluding hydrogens is 858 g/mol. The maximum Gasteiger partial charge on any atom is 0.435 e. The van der Waals surface area contributed by atoms with E-state index in [4.69, 9.17) is 4.98 Å². The molecule has 0 spiro atoms. The fourth-order valence-electron chi connectivity index (χ4n) is 8.05. The van der Waals surface area contributed by atoms with Gasteiger partial charge in [-0.15, -0.1) is 0 Å². The number of anilines is 2. The molecule has 5 heterocycles. The Morgan fingerprint density at radius 3 is 2.49 bits per heavy atom. The van der Waals surface area contributed by atoms with Crippen molar-refractivity contribution in [3.05, 3.63) is 82.3 Å². The van der Waals surface area contributed by atoms with Crippen LogP contribution in [0.4, 0.5) is 41.7 Å². The molecule has 23 heteroatoms. The van der Waals surface area contributed by atoms with Crippen molar-refractivity contribution >= 4 is 65.4 Å². The molecule has 0 saturated carbocycles. The summed E-state index contributed by atoms with van der Waals surface area (Å²) in [6, 6.07) is 7.47. The van der Waals surface area contributed by atoms with Gasteiger partial charge in [0, 0.05) is 48.2 Å². The van der Waals surface area contributed by atoms with Gasteiger partial charge < -0.3 is 16.0 Å². The summed E-state index contributed by atoms with van der Waals surface area (Å²) in [5.74, 6) is -5.66. The SMILES string of the molecule is Cn1nc(NS(C)(=O)=O)c2cccc(-c3cc4sc(NC5CNC(=O)C5)nc4nc3C(Cc3cc(F)cc(F)c3)NC(=O)Cn3nc(C(F)(F)F)c4c3C(F)(F)[C@@H]3C#C[C@H]43)c21. The maximum absolute atomic E-state index is 15.6. The molecule has 1 aliphatic heterocycles. The highest BCUT2D eigenvalue weighted by Gasteiger charge is 2.62. The highest BCUT2D eigenvalue weighted by Crippen LogP contribution is 2.58. The number of aromatic nitrogens is 6. The molecule has 316 valence electrons. The summed E-state index contributed by atoms with van der Waals surface area (Å²) in [7, 11) is -2.25. The Balaban J connectivity index is 1.19. The van der Waals surface area contributed by atoms with Crippen LogP contribution < -0.4 is 20.7 Å². The number of nitrogens with one attached hydrogen (secondary N) is 4. The quantitative estimate of drug-likeness (QED) is 0.0990. The number of sulfonamides is 1. The van der Waals surface area contributed by atoms with Gasteiger partial charge in [-0.05, 0) is 36.2 Å². The lowest BCUT2D eigenvalue weighted by Gasteiger charge is -2.24. The summed E-state index contributed by atoms with van der Waals surface area (Å²) in [5, 5.41) is 17.1. The van der Waals surface area contributed by atoms with Crippen LogP contribution in [0.1, 0.15) is 46.6 Å². The fraction of sp³-hybridized carbons (Fsp3) is 0.316. The second kappa shape index (κ2) is 14.2.